The summed E-state index contributed by atoms with van der Waals surface area (Å²) in [5, 5.41) is 0. The smallest absolute Gasteiger partial charge is 0.311 e. The van der Waals surface area contributed by atoms with Crippen molar-refractivity contribution < 1.29 is 14.3 Å². The molecule has 0 spiro atoms. The minimum Gasteiger partial charge on any atom is -0.460 e. The van der Waals surface area contributed by atoms with E-state index in [1.165, 1.54) is 0 Å². The van der Waals surface area contributed by atoms with Crippen molar-refractivity contribution in [1.29, 1.82) is 0 Å². The van der Waals surface area contributed by atoms with Gasteiger partial charge in [0.2, 0.25) is 0 Å². The zero-order chi connectivity index (χ0) is 11.9. The van der Waals surface area contributed by atoms with Crippen LogP contribution in [0.1, 0.15) is 40.0 Å². The molecule has 0 amide bonds. The fourth-order valence-corrected chi connectivity index (χ4v) is 1.14. The highest BCUT2D eigenvalue weighted by Crippen LogP contribution is 2.13. The Morgan fingerprint density at radius 2 is 2.00 bits per heavy atom. The number of alkyl halides is 1. The molecule has 0 heterocycles. The van der Waals surface area contributed by atoms with Crippen LogP contribution in [0.25, 0.3) is 0 Å². The van der Waals surface area contributed by atoms with Gasteiger partial charge >= 0.3 is 5.97 Å². The van der Waals surface area contributed by atoms with Gasteiger partial charge in [-0.2, -0.15) is 0 Å². The quantitative estimate of drug-likeness (QED) is 0.416. The van der Waals surface area contributed by atoms with Crippen molar-refractivity contribution in [3.8, 4) is 0 Å². The van der Waals surface area contributed by atoms with E-state index in [2.05, 4.69) is 0 Å². The van der Waals surface area contributed by atoms with E-state index in [9.17, 15) is 9.59 Å². The van der Waals surface area contributed by atoms with Gasteiger partial charge in [0.25, 0.3) is 0 Å². The van der Waals surface area contributed by atoms with Gasteiger partial charge in [-0.1, -0.05) is 0 Å². The summed E-state index contributed by atoms with van der Waals surface area (Å²) in [5.41, 5.74) is -0.0951. The minimum absolute atomic E-state index is 0.0116. The third-order valence-corrected chi connectivity index (χ3v) is 1.80. The second kappa shape index (κ2) is 6.65. The van der Waals surface area contributed by atoms with Gasteiger partial charge in [-0.15, -0.1) is 11.6 Å². The molecule has 0 radical (unpaired) electrons. The third-order valence-electron chi connectivity index (χ3n) is 1.53. The molecule has 0 aliphatic rings. The zero-order valence-corrected chi connectivity index (χ0v) is 10.2. The minimum atomic E-state index is -0.516. The highest BCUT2D eigenvalue weighted by atomic mass is 35.5. The second-order valence-electron chi connectivity index (χ2n) is 4.26. The van der Waals surface area contributed by atoms with Gasteiger partial charge in [0.1, 0.15) is 11.5 Å². The van der Waals surface area contributed by atoms with Crippen LogP contribution in [0, 0.1) is 0 Å². The molecule has 0 saturated carbocycles. The summed E-state index contributed by atoms with van der Waals surface area (Å²) in [5.74, 6) is 1.84. The maximum absolute atomic E-state index is 11.3. The summed E-state index contributed by atoms with van der Waals surface area (Å²) < 4.78 is 5.08. The zero-order valence-electron chi connectivity index (χ0n) is 9.43. The lowest BCUT2D eigenvalue weighted by molar-refractivity contribution is -0.153. The molecule has 3 nitrogen and oxygen atoms in total. The van der Waals surface area contributed by atoms with Gasteiger partial charge in [0.05, 0.1) is 6.42 Å². The summed E-state index contributed by atoms with van der Waals surface area (Å²) in [6.07, 6.45) is 1.19. The van der Waals surface area contributed by atoms with Gasteiger partial charge in [-0.25, -0.2) is 4.79 Å². The molecule has 0 atom stereocenters. The summed E-state index contributed by atoms with van der Waals surface area (Å²) in [7, 11) is 0. The summed E-state index contributed by atoms with van der Waals surface area (Å²) in [6.45, 7) is 5.36. The fraction of sp³-hybridized carbons (Fsp3) is 0.727. The maximum Gasteiger partial charge on any atom is 0.311 e. The molecule has 0 aromatic heterocycles. The van der Waals surface area contributed by atoms with Crippen LogP contribution in [0.15, 0.2) is 5.57 Å². The van der Waals surface area contributed by atoms with Crippen LogP contribution in [-0.2, 0) is 14.3 Å². The summed E-state index contributed by atoms with van der Waals surface area (Å²) in [6, 6.07) is 0. The van der Waals surface area contributed by atoms with Crippen LogP contribution in [0.2, 0.25) is 0 Å². The highest BCUT2D eigenvalue weighted by molar-refractivity contribution is 6.17. The highest BCUT2D eigenvalue weighted by Gasteiger charge is 2.17. The van der Waals surface area contributed by atoms with Crippen LogP contribution >= 0.6 is 11.6 Å². The largest absolute Gasteiger partial charge is 0.460 e. The van der Waals surface area contributed by atoms with Gasteiger partial charge in [0, 0.05) is 11.5 Å². The Hall–Kier alpha value is -0.790. The second-order valence-corrected chi connectivity index (χ2v) is 4.64. The number of halogens is 1. The average Bonchev–Trinajstić information content (AvgIpc) is 2.09. The van der Waals surface area contributed by atoms with E-state index in [-0.39, 0.29) is 6.42 Å². The average molecular weight is 233 g/mol. The first-order chi connectivity index (χ1) is 6.89. The van der Waals surface area contributed by atoms with Crippen LogP contribution in [0.4, 0.5) is 0 Å². The molecule has 0 rings (SSSR count). The molecule has 0 bridgehead atoms. The Balaban J connectivity index is 4.09. The van der Waals surface area contributed by atoms with Crippen molar-refractivity contribution in [2.24, 2.45) is 0 Å². The first-order valence-electron chi connectivity index (χ1n) is 4.89. The lowest BCUT2D eigenvalue weighted by atomic mass is 10.1. The Morgan fingerprint density at radius 3 is 2.40 bits per heavy atom. The molecule has 86 valence electrons. The van der Waals surface area contributed by atoms with E-state index in [4.69, 9.17) is 16.3 Å². The van der Waals surface area contributed by atoms with Crippen LogP contribution in [-0.4, -0.2) is 23.4 Å². The fourth-order valence-electron chi connectivity index (χ4n) is 1.01. The Morgan fingerprint density at radius 1 is 1.40 bits per heavy atom. The molecule has 0 aromatic rings. The van der Waals surface area contributed by atoms with Crippen molar-refractivity contribution in [1.82, 2.24) is 0 Å². The SMILES string of the molecule is CC(C)(C)OC(=O)CC(=C=O)CCCCl. The van der Waals surface area contributed by atoms with E-state index in [1.807, 2.05) is 0 Å². The van der Waals surface area contributed by atoms with Gasteiger partial charge in [0.15, 0.2) is 0 Å². The number of ether oxygens (including phenoxy) is 1. The number of rotatable bonds is 5. The van der Waals surface area contributed by atoms with Crippen molar-refractivity contribution >= 4 is 23.5 Å². The molecule has 0 N–H and O–H groups in total. The Bertz CT molecular complexity index is 259. The first-order valence-corrected chi connectivity index (χ1v) is 5.43. The van der Waals surface area contributed by atoms with E-state index in [0.29, 0.717) is 24.3 Å². The van der Waals surface area contributed by atoms with E-state index >= 15 is 0 Å². The monoisotopic (exact) mass is 232 g/mol. The van der Waals surface area contributed by atoms with Crippen LogP contribution in [0.3, 0.4) is 0 Å². The summed E-state index contributed by atoms with van der Waals surface area (Å²) >= 11 is 5.49. The van der Waals surface area contributed by atoms with Crippen molar-refractivity contribution in [2.45, 2.75) is 45.6 Å². The predicted molar refractivity (Wildman–Crippen MR) is 59.6 cm³/mol. The molecule has 0 aliphatic heterocycles. The number of carbonyl (C=O) groups excluding carboxylic acids is 2. The molecule has 4 heteroatoms. The van der Waals surface area contributed by atoms with E-state index in [1.54, 1.807) is 26.7 Å². The molecule has 0 unspecified atom stereocenters. The van der Waals surface area contributed by atoms with Gasteiger partial charge in [-0.05, 0) is 33.6 Å². The standard InChI is InChI=1S/C11H17ClO3/c1-11(2,3)15-10(14)7-9(8-13)5-4-6-12/h4-7H2,1-3H3. The van der Waals surface area contributed by atoms with Crippen LogP contribution < -0.4 is 0 Å². The molecule has 0 saturated heterocycles. The molecular formula is C11H17ClO3. The van der Waals surface area contributed by atoms with Crippen molar-refractivity contribution in [3.63, 3.8) is 0 Å². The molecule has 0 aliphatic carbocycles. The number of hydrogen-bond acceptors (Lipinski definition) is 3. The topological polar surface area (TPSA) is 43.4 Å². The number of carbonyl (C=O) groups is 1. The third kappa shape index (κ3) is 8.22. The van der Waals surface area contributed by atoms with Crippen molar-refractivity contribution in [3.05, 3.63) is 5.57 Å². The number of hydrogen-bond donors (Lipinski definition) is 0. The van der Waals surface area contributed by atoms with Crippen LogP contribution in [0.5, 0.6) is 0 Å². The van der Waals surface area contributed by atoms with Gasteiger partial charge < -0.3 is 4.74 Å². The first kappa shape index (κ1) is 14.2. The normalized spacial score (nSPS) is 10.7. The Kier molecular flexibility index (Phi) is 6.30. The molecule has 0 fully saturated rings. The van der Waals surface area contributed by atoms with Crippen molar-refractivity contribution in [2.75, 3.05) is 5.88 Å². The lowest BCUT2D eigenvalue weighted by Gasteiger charge is -2.19. The van der Waals surface area contributed by atoms with Gasteiger partial charge in [-0.3, -0.25) is 4.79 Å². The number of esters is 1. The Labute approximate surface area is 95.4 Å². The summed E-state index contributed by atoms with van der Waals surface area (Å²) in [4.78, 5) is 21.8. The van der Waals surface area contributed by atoms with E-state index in [0.717, 1.165) is 0 Å². The molecule has 15 heavy (non-hydrogen) atoms. The maximum atomic E-state index is 11.3. The molecular weight excluding hydrogens is 216 g/mol. The van der Waals surface area contributed by atoms with E-state index < -0.39 is 11.6 Å². The predicted octanol–water partition coefficient (Wildman–Crippen LogP) is 2.50. The lowest BCUT2D eigenvalue weighted by Crippen LogP contribution is -2.24. The molecule has 0 aromatic carbocycles.